The number of para-hydroxylation sites is 1. The number of ether oxygens (including phenoxy) is 1. The highest BCUT2D eigenvalue weighted by molar-refractivity contribution is 5.98. The number of fused-ring (bicyclic) bond motifs is 1. The van der Waals surface area contributed by atoms with Gasteiger partial charge in [-0.3, -0.25) is 4.79 Å². The maximum absolute atomic E-state index is 13.5. The first-order valence-corrected chi connectivity index (χ1v) is 8.43. The van der Waals surface area contributed by atoms with Crippen molar-refractivity contribution < 1.29 is 13.9 Å². The molecule has 24 heavy (non-hydrogen) atoms. The summed E-state index contributed by atoms with van der Waals surface area (Å²) in [4.78, 5) is 14.9. The number of aryl methyl sites for hydroxylation is 1. The first-order chi connectivity index (χ1) is 11.6. The molecule has 1 aliphatic rings. The summed E-state index contributed by atoms with van der Waals surface area (Å²) in [6, 6.07) is 14.1. The summed E-state index contributed by atoms with van der Waals surface area (Å²) < 4.78 is 19.4. The second kappa shape index (κ2) is 7.04. The van der Waals surface area contributed by atoms with Crippen LogP contribution in [0.25, 0.3) is 0 Å². The summed E-state index contributed by atoms with van der Waals surface area (Å²) in [7, 11) is 0. The van der Waals surface area contributed by atoms with E-state index >= 15 is 0 Å². The molecule has 2 aromatic carbocycles. The van der Waals surface area contributed by atoms with Crippen LogP contribution in [0.1, 0.15) is 32.3 Å². The number of nitrogens with zero attached hydrogens (tertiary/aromatic N) is 1. The lowest BCUT2D eigenvalue weighted by Crippen LogP contribution is -2.48. The topological polar surface area (TPSA) is 29.5 Å². The van der Waals surface area contributed by atoms with Crippen molar-refractivity contribution in [1.82, 2.24) is 0 Å². The highest BCUT2D eigenvalue weighted by atomic mass is 19.1. The van der Waals surface area contributed by atoms with Gasteiger partial charge in [-0.05, 0) is 62.1 Å². The molecule has 2 atom stereocenters. The number of amides is 1. The molecule has 1 aliphatic heterocycles. The third-order valence-electron chi connectivity index (χ3n) is 4.48. The summed E-state index contributed by atoms with van der Waals surface area (Å²) in [5, 5.41) is 0. The van der Waals surface area contributed by atoms with Gasteiger partial charge >= 0.3 is 0 Å². The van der Waals surface area contributed by atoms with Gasteiger partial charge in [0.25, 0.3) is 5.91 Å². The Hall–Kier alpha value is -2.36. The molecule has 3 rings (SSSR count). The van der Waals surface area contributed by atoms with E-state index < -0.39 is 6.10 Å². The first kappa shape index (κ1) is 16.5. The zero-order chi connectivity index (χ0) is 17.1. The average molecular weight is 327 g/mol. The molecule has 1 heterocycles. The molecule has 0 aliphatic carbocycles. The molecule has 2 aromatic rings. The predicted octanol–water partition coefficient (Wildman–Crippen LogP) is 4.35. The summed E-state index contributed by atoms with van der Waals surface area (Å²) in [6.45, 7) is 3.96. The third-order valence-corrected chi connectivity index (χ3v) is 4.48. The molecule has 0 N–H and O–H groups in total. The minimum absolute atomic E-state index is 0.0681. The quantitative estimate of drug-likeness (QED) is 0.835. The third kappa shape index (κ3) is 3.28. The molecule has 0 spiro atoms. The smallest absolute Gasteiger partial charge is 0.268 e. The lowest BCUT2D eigenvalue weighted by molar-refractivity contribution is -0.126. The Morgan fingerprint density at radius 3 is 2.75 bits per heavy atom. The van der Waals surface area contributed by atoms with Crippen LogP contribution in [0.4, 0.5) is 10.1 Å². The first-order valence-electron chi connectivity index (χ1n) is 8.43. The lowest BCUT2D eigenvalue weighted by atomic mass is 9.95. The van der Waals surface area contributed by atoms with E-state index in [1.807, 2.05) is 44.2 Å². The Kier molecular flexibility index (Phi) is 4.84. The minimum Gasteiger partial charge on any atom is -0.481 e. The second-order valence-corrected chi connectivity index (χ2v) is 6.20. The number of hydrogen-bond donors (Lipinski definition) is 0. The summed E-state index contributed by atoms with van der Waals surface area (Å²) in [5.41, 5.74) is 1.69. The second-order valence-electron chi connectivity index (χ2n) is 6.20. The standard InChI is InChI=1S/C20H22FNO2/c1-3-19(24-17-7-5-4-6-8-17)20(23)22-14(2)9-10-15-13-16(21)11-12-18(15)22/h4-8,11-14,19H,3,9-10H2,1-2H3/t14-,19+/m1/s1. The number of carbonyl (C=O) groups excluding carboxylic acids is 1. The monoisotopic (exact) mass is 327 g/mol. The summed E-state index contributed by atoms with van der Waals surface area (Å²) in [5.74, 6) is 0.353. The van der Waals surface area contributed by atoms with Crippen molar-refractivity contribution in [3.8, 4) is 5.75 Å². The van der Waals surface area contributed by atoms with Crippen molar-refractivity contribution in [3.05, 3.63) is 59.9 Å². The molecule has 0 aromatic heterocycles. The van der Waals surface area contributed by atoms with E-state index in [0.29, 0.717) is 12.2 Å². The van der Waals surface area contributed by atoms with Crippen LogP contribution in [0.3, 0.4) is 0 Å². The van der Waals surface area contributed by atoms with Gasteiger partial charge in [0.2, 0.25) is 0 Å². The van der Waals surface area contributed by atoms with Crippen molar-refractivity contribution in [2.24, 2.45) is 0 Å². The molecule has 0 radical (unpaired) electrons. The largest absolute Gasteiger partial charge is 0.481 e. The Bertz CT molecular complexity index is 717. The molecular formula is C20H22FNO2. The van der Waals surface area contributed by atoms with Gasteiger partial charge in [-0.25, -0.2) is 4.39 Å². The van der Waals surface area contributed by atoms with Crippen LogP contribution in [-0.4, -0.2) is 18.1 Å². The highest BCUT2D eigenvalue weighted by Crippen LogP contribution is 2.32. The van der Waals surface area contributed by atoms with Gasteiger partial charge in [0, 0.05) is 11.7 Å². The van der Waals surface area contributed by atoms with Gasteiger partial charge in [-0.15, -0.1) is 0 Å². The molecule has 0 saturated heterocycles. The fraction of sp³-hybridized carbons (Fsp3) is 0.350. The Balaban J connectivity index is 1.87. The predicted molar refractivity (Wildman–Crippen MR) is 92.8 cm³/mol. The maximum atomic E-state index is 13.5. The average Bonchev–Trinajstić information content (AvgIpc) is 2.60. The van der Waals surface area contributed by atoms with E-state index in [0.717, 1.165) is 24.1 Å². The van der Waals surface area contributed by atoms with E-state index in [4.69, 9.17) is 4.74 Å². The van der Waals surface area contributed by atoms with E-state index in [1.54, 1.807) is 11.0 Å². The normalized spacial score (nSPS) is 18.0. The van der Waals surface area contributed by atoms with Crippen LogP contribution in [0.15, 0.2) is 48.5 Å². The molecule has 3 nitrogen and oxygen atoms in total. The Labute approximate surface area is 142 Å². The fourth-order valence-corrected chi connectivity index (χ4v) is 3.18. The van der Waals surface area contributed by atoms with Crippen molar-refractivity contribution >= 4 is 11.6 Å². The van der Waals surface area contributed by atoms with Gasteiger partial charge in [-0.1, -0.05) is 25.1 Å². The van der Waals surface area contributed by atoms with Crippen molar-refractivity contribution in [1.29, 1.82) is 0 Å². The number of benzene rings is 2. The van der Waals surface area contributed by atoms with Crippen LogP contribution in [-0.2, 0) is 11.2 Å². The maximum Gasteiger partial charge on any atom is 0.268 e. The minimum atomic E-state index is -0.550. The number of rotatable bonds is 4. The number of anilines is 1. The molecule has 4 heteroatoms. The van der Waals surface area contributed by atoms with Crippen LogP contribution in [0.2, 0.25) is 0 Å². The molecular weight excluding hydrogens is 305 g/mol. The zero-order valence-corrected chi connectivity index (χ0v) is 14.0. The number of hydrogen-bond acceptors (Lipinski definition) is 2. The van der Waals surface area contributed by atoms with Crippen LogP contribution in [0.5, 0.6) is 5.75 Å². The van der Waals surface area contributed by atoms with Crippen LogP contribution >= 0.6 is 0 Å². The summed E-state index contributed by atoms with van der Waals surface area (Å²) in [6.07, 6.45) is 1.64. The molecule has 0 unspecified atom stereocenters. The fourth-order valence-electron chi connectivity index (χ4n) is 3.18. The SMILES string of the molecule is CC[C@H](Oc1ccccc1)C(=O)N1c2ccc(F)cc2CC[C@H]1C. The van der Waals surface area contributed by atoms with Gasteiger partial charge in [0.05, 0.1) is 0 Å². The molecule has 126 valence electrons. The molecule has 0 saturated carbocycles. The number of carbonyl (C=O) groups is 1. The van der Waals surface area contributed by atoms with Crippen molar-refractivity contribution in [2.75, 3.05) is 4.90 Å². The van der Waals surface area contributed by atoms with E-state index in [9.17, 15) is 9.18 Å². The van der Waals surface area contributed by atoms with E-state index in [1.165, 1.54) is 12.1 Å². The van der Waals surface area contributed by atoms with Crippen LogP contribution in [0, 0.1) is 5.82 Å². The molecule has 0 bridgehead atoms. The lowest BCUT2D eigenvalue weighted by Gasteiger charge is -2.37. The molecule has 1 amide bonds. The van der Waals surface area contributed by atoms with Gasteiger partial charge < -0.3 is 9.64 Å². The number of halogens is 1. The zero-order valence-electron chi connectivity index (χ0n) is 14.0. The van der Waals surface area contributed by atoms with Gasteiger partial charge in [-0.2, -0.15) is 0 Å². The Morgan fingerprint density at radius 1 is 1.29 bits per heavy atom. The Morgan fingerprint density at radius 2 is 2.04 bits per heavy atom. The van der Waals surface area contributed by atoms with Crippen molar-refractivity contribution in [3.63, 3.8) is 0 Å². The summed E-state index contributed by atoms with van der Waals surface area (Å²) >= 11 is 0. The van der Waals surface area contributed by atoms with Crippen LogP contribution < -0.4 is 9.64 Å². The molecule has 0 fully saturated rings. The van der Waals surface area contributed by atoms with E-state index in [-0.39, 0.29) is 17.8 Å². The van der Waals surface area contributed by atoms with E-state index in [2.05, 4.69) is 0 Å². The van der Waals surface area contributed by atoms with Crippen molar-refractivity contribution in [2.45, 2.75) is 45.3 Å². The van der Waals surface area contributed by atoms with Gasteiger partial charge in [0.1, 0.15) is 11.6 Å². The highest BCUT2D eigenvalue weighted by Gasteiger charge is 2.33. The van der Waals surface area contributed by atoms with Gasteiger partial charge in [0.15, 0.2) is 6.10 Å².